The lowest BCUT2D eigenvalue weighted by Crippen LogP contribution is -2.48. The van der Waals surface area contributed by atoms with Crippen LogP contribution in [0.25, 0.3) is 0 Å². The number of hydrogen-bond donors (Lipinski definition) is 1. The molecule has 3 aliphatic carbocycles. The molecule has 1 N–H and O–H groups in total. The number of piperidine rings is 1. The summed E-state index contributed by atoms with van der Waals surface area (Å²) in [5, 5.41) is 3.98. The van der Waals surface area contributed by atoms with Crippen molar-refractivity contribution in [3.8, 4) is 0 Å². The lowest BCUT2D eigenvalue weighted by molar-refractivity contribution is 0.158. The van der Waals surface area contributed by atoms with Crippen molar-refractivity contribution < 1.29 is 0 Å². The van der Waals surface area contributed by atoms with Crippen LogP contribution in [0.15, 0.2) is 0 Å². The third-order valence-corrected chi connectivity index (χ3v) is 6.97. The minimum absolute atomic E-state index is 0.812. The van der Waals surface area contributed by atoms with Gasteiger partial charge in [0.25, 0.3) is 0 Å². The molecule has 4 rings (SSSR count). The monoisotopic (exact) mass is 262 g/mol. The van der Waals surface area contributed by atoms with Crippen molar-refractivity contribution in [3.05, 3.63) is 0 Å². The van der Waals surface area contributed by atoms with Crippen molar-refractivity contribution in [1.82, 2.24) is 10.2 Å². The summed E-state index contributed by atoms with van der Waals surface area (Å²) in [4.78, 5) is 2.59. The Labute approximate surface area is 118 Å². The molecule has 4 fully saturated rings. The maximum atomic E-state index is 3.98. The summed E-state index contributed by atoms with van der Waals surface area (Å²) >= 11 is 0. The number of hydrogen-bond acceptors (Lipinski definition) is 2. The SMILES string of the molecule is CN1CCCCC1CNC1CC2CC1C1CCCC21. The van der Waals surface area contributed by atoms with E-state index >= 15 is 0 Å². The number of fused-ring (bicyclic) bond motifs is 5. The molecular formula is C17H30N2. The van der Waals surface area contributed by atoms with Gasteiger partial charge in [-0.25, -0.2) is 0 Å². The number of likely N-dealkylation sites (tertiary alicyclic amines) is 1. The Morgan fingerprint density at radius 2 is 1.84 bits per heavy atom. The third-order valence-electron chi connectivity index (χ3n) is 6.97. The highest BCUT2D eigenvalue weighted by Crippen LogP contribution is 2.58. The van der Waals surface area contributed by atoms with Crippen LogP contribution in [0, 0.1) is 23.7 Å². The van der Waals surface area contributed by atoms with Crippen molar-refractivity contribution in [2.24, 2.45) is 23.7 Å². The first-order valence-corrected chi connectivity index (χ1v) is 8.76. The second-order valence-electron chi connectivity index (χ2n) is 7.80. The molecule has 19 heavy (non-hydrogen) atoms. The van der Waals surface area contributed by atoms with Gasteiger partial charge in [0.2, 0.25) is 0 Å². The van der Waals surface area contributed by atoms with Crippen molar-refractivity contribution in [2.75, 3.05) is 20.1 Å². The quantitative estimate of drug-likeness (QED) is 0.841. The molecule has 0 aromatic heterocycles. The van der Waals surface area contributed by atoms with E-state index in [4.69, 9.17) is 0 Å². The summed E-state index contributed by atoms with van der Waals surface area (Å²) in [7, 11) is 2.32. The number of nitrogens with one attached hydrogen (secondary N) is 1. The van der Waals surface area contributed by atoms with E-state index in [1.807, 2.05) is 0 Å². The van der Waals surface area contributed by atoms with Crippen LogP contribution in [-0.2, 0) is 0 Å². The normalized spacial score (nSPS) is 49.7. The summed E-state index contributed by atoms with van der Waals surface area (Å²) in [5.41, 5.74) is 0. The first-order valence-electron chi connectivity index (χ1n) is 8.76. The molecule has 0 amide bonds. The van der Waals surface area contributed by atoms with Crippen molar-refractivity contribution in [1.29, 1.82) is 0 Å². The van der Waals surface area contributed by atoms with E-state index in [1.54, 1.807) is 19.3 Å². The molecule has 1 heterocycles. The summed E-state index contributed by atoms with van der Waals surface area (Å²) in [6, 6.07) is 1.69. The Morgan fingerprint density at radius 1 is 0.947 bits per heavy atom. The zero-order valence-corrected chi connectivity index (χ0v) is 12.5. The maximum Gasteiger partial charge on any atom is 0.0217 e. The summed E-state index contributed by atoms with van der Waals surface area (Å²) in [6.07, 6.45) is 12.0. The average molecular weight is 262 g/mol. The van der Waals surface area contributed by atoms with Gasteiger partial charge in [-0.15, -0.1) is 0 Å². The molecule has 3 saturated carbocycles. The predicted molar refractivity (Wildman–Crippen MR) is 79.1 cm³/mol. The highest BCUT2D eigenvalue weighted by molar-refractivity contribution is 5.05. The van der Waals surface area contributed by atoms with Gasteiger partial charge in [0, 0.05) is 18.6 Å². The molecule has 0 radical (unpaired) electrons. The molecule has 0 spiro atoms. The Morgan fingerprint density at radius 3 is 2.74 bits per heavy atom. The molecule has 1 aliphatic heterocycles. The summed E-state index contributed by atoms with van der Waals surface area (Å²) in [6.45, 7) is 2.57. The van der Waals surface area contributed by atoms with Crippen molar-refractivity contribution >= 4 is 0 Å². The second-order valence-corrected chi connectivity index (χ2v) is 7.80. The van der Waals surface area contributed by atoms with Crippen molar-refractivity contribution in [2.45, 2.75) is 63.5 Å². The third kappa shape index (κ3) is 2.15. The lowest BCUT2D eigenvalue weighted by atomic mass is 9.79. The molecule has 6 unspecified atom stereocenters. The van der Waals surface area contributed by atoms with Gasteiger partial charge >= 0.3 is 0 Å². The van der Waals surface area contributed by atoms with Gasteiger partial charge < -0.3 is 10.2 Å². The molecule has 0 aromatic rings. The van der Waals surface area contributed by atoms with E-state index < -0.39 is 0 Å². The van der Waals surface area contributed by atoms with Crippen LogP contribution in [-0.4, -0.2) is 37.1 Å². The summed E-state index contributed by atoms with van der Waals surface area (Å²) < 4.78 is 0. The molecule has 4 aliphatic rings. The van der Waals surface area contributed by atoms with E-state index in [-0.39, 0.29) is 0 Å². The first kappa shape index (κ1) is 12.6. The predicted octanol–water partition coefficient (Wildman–Crippen LogP) is 2.89. The van der Waals surface area contributed by atoms with Gasteiger partial charge in [-0.05, 0) is 75.8 Å². The van der Waals surface area contributed by atoms with Gasteiger partial charge in [0.1, 0.15) is 0 Å². The minimum atomic E-state index is 0.812. The molecule has 2 nitrogen and oxygen atoms in total. The highest BCUT2D eigenvalue weighted by Gasteiger charge is 2.53. The maximum absolute atomic E-state index is 3.98. The van der Waals surface area contributed by atoms with Gasteiger partial charge in [0.05, 0.1) is 0 Å². The Kier molecular flexibility index (Phi) is 3.35. The number of nitrogens with zero attached hydrogens (tertiary/aromatic N) is 1. The standard InChI is InChI=1S/C17H30N2/c1-19-8-3-2-5-13(19)11-18-17-10-12-9-16(17)15-7-4-6-14(12)15/h12-18H,2-11H2,1H3. The number of rotatable bonds is 3. The molecule has 1 saturated heterocycles. The zero-order chi connectivity index (χ0) is 12.8. The van der Waals surface area contributed by atoms with Crippen LogP contribution >= 0.6 is 0 Å². The Hall–Kier alpha value is -0.0800. The van der Waals surface area contributed by atoms with E-state index in [1.165, 1.54) is 45.2 Å². The van der Waals surface area contributed by atoms with Gasteiger partial charge in [-0.2, -0.15) is 0 Å². The second kappa shape index (κ2) is 5.04. The van der Waals surface area contributed by atoms with Gasteiger partial charge in [0.15, 0.2) is 0 Å². The zero-order valence-electron chi connectivity index (χ0n) is 12.5. The van der Waals surface area contributed by atoms with Crippen LogP contribution in [0.4, 0.5) is 0 Å². The molecule has 108 valence electrons. The lowest BCUT2D eigenvalue weighted by Gasteiger charge is -2.36. The van der Waals surface area contributed by atoms with Gasteiger partial charge in [-0.1, -0.05) is 12.8 Å². The Balaban J connectivity index is 1.32. The van der Waals surface area contributed by atoms with E-state index in [0.29, 0.717) is 0 Å². The van der Waals surface area contributed by atoms with Gasteiger partial charge in [-0.3, -0.25) is 0 Å². The van der Waals surface area contributed by atoms with Crippen LogP contribution in [0.2, 0.25) is 0 Å². The van der Waals surface area contributed by atoms with Crippen LogP contribution in [0.3, 0.4) is 0 Å². The summed E-state index contributed by atoms with van der Waals surface area (Å²) in [5.74, 6) is 4.39. The van der Waals surface area contributed by atoms with E-state index in [2.05, 4.69) is 17.3 Å². The fraction of sp³-hybridized carbons (Fsp3) is 1.00. The first-order chi connectivity index (χ1) is 9.33. The average Bonchev–Trinajstić information content (AvgIpc) is 3.10. The minimum Gasteiger partial charge on any atom is -0.312 e. The highest BCUT2D eigenvalue weighted by atomic mass is 15.2. The van der Waals surface area contributed by atoms with Crippen molar-refractivity contribution in [3.63, 3.8) is 0 Å². The number of likely N-dealkylation sites (N-methyl/N-ethyl adjacent to an activating group) is 1. The van der Waals surface area contributed by atoms with E-state index in [9.17, 15) is 0 Å². The van der Waals surface area contributed by atoms with Crippen LogP contribution in [0.5, 0.6) is 0 Å². The molecule has 0 aromatic carbocycles. The van der Waals surface area contributed by atoms with E-state index in [0.717, 1.165) is 35.8 Å². The smallest absolute Gasteiger partial charge is 0.0217 e. The Bertz CT molecular complexity index is 329. The van der Waals surface area contributed by atoms with Crippen LogP contribution in [0.1, 0.15) is 51.4 Å². The van der Waals surface area contributed by atoms with Crippen LogP contribution < -0.4 is 5.32 Å². The molecular weight excluding hydrogens is 232 g/mol. The fourth-order valence-corrected chi connectivity index (χ4v) is 5.99. The molecule has 6 atom stereocenters. The fourth-order valence-electron chi connectivity index (χ4n) is 5.99. The molecule has 2 heteroatoms. The largest absolute Gasteiger partial charge is 0.312 e. The molecule has 2 bridgehead atoms. The topological polar surface area (TPSA) is 15.3 Å².